The summed E-state index contributed by atoms with van der Waals surface area (Å²) >= 11 is 0. The summed E-state index contributed by atoms with van der Waals surface area (Å²) in [4.78, 5) is 17.2. The minimum atomic E-state index is -3.67. The van der Waals surface area contributed by atoms with Gasteiger partial charge in [-0.25, -0.2) is 8.42 Å². The van der Waals surface area contributed by atoms with Crippen molar-refractivity contribution in [1.82, 2.24) is 14.4 Å². The van der Waals surface area contributed by atoms with Crippen LogP contribution in [-0.4, -0.2) is 41.9 Å². The van der Waals surface area contributed by atoms with Gasteiger partial charge in [-0.05, 0) is 54.4 Å². The molecule has 1 aliphatic rings. The Labute approximate surface area is 191 Å². The maximum atomic E-state index is 13.1. The molecule has 1 aliphatic heterocycles. The van der Waals surface area contributed by atoms with Crippen molar-refractivity contribution in [2.24, 2.45) is 0 Å². The number of rotatable bonds is 5. The fraction of sp³-hybridized carbons (Fsp3) is 0.208. The van der Waals surface area contributed by atoms with Gasteiger partial charge in [0.25, 0.3) is 5.91 Å². The molecule has 3 aromatic carbocycles. The van der Waals surface area contributed by atoms with Crippen molar-refractivity contribution in [3.63, 3.8) is 0 Å². The van der Waals surface area contributed by atoms with Crippen LogP contribution in [0.2, 0.25) is 0 Å². The third-order valence-electron chi connectivity index (χ3n) is 5.83. The molecule has 2 heterocycles. The molecule has 33 heavy (non-hydrogen) atoms. The zero-order valence-corrected chi connectivity index (χ0v) is 18.7. The molecular weight excluding hydrogens is 440 g/mol. The van der Waals surface area contributed by atoms with Crippen LogP contribution in [0.3, 0.4) is 0 Å². The quantitative estimate of drug-likeness (QED) is 0.481. The van der Waals surface area contributed by atoms with Crippen molar-refractivity contribution < 1.29 is 17.7 Å². The second-order valence-corrected chi connectivity index (χ2v) is 9.97. The Morgan fingerprint density at radius 2 is 1.82 bits per heavy atom. The van der Waals surface area contributed by atoms with E-state index < -0.39 is 10.0 Å². The molecule has 0 saturated carbocycles. The zero-order valence-electron chi connectivity index (χ0n) is 17.9. The van der Waals surface area contributed by atoms with E-state index in [1.807, 2.05) is 36.4 Å². The summed E-state index contributed by atoms with van der Waals surface area (Å²) < 4.78 is 32.8. The summed E-state index contributed by atoms with van der Waals surface area (Å²) in [7, 11) is -3.67. The highest BCUT2D eigenvalue weighted by Gasteiger charge is 2.35. The third-order valence-corrected chi connectivity index (χ3v) is 7.71. The Balaban J connectivity index is 1.30. The molecule has 1 unspecified atom stereocenters. The molecule has 0 spiro atoms. The summed E-state index contributed by atoms with van der Waals surface area (Å²) in [6, 6.07) is 19.5. The predicted molar refractivity (Wildman–Crippen MR) is 123 cm³/mol. The number of benzene rings is 3. The third kappa shape index (κ3) is 4.12. The number of aryl methyl sites for hydroxylation is 1. The molecule has 0 aliphatic carbocycles. The van der Waals surface area contributed by atoms with Crippen LogP contribution >= 0.6 is 0 Å². The number of carbonyl (C=O) groups excluding carboxylic acids is 1. The van der Waals surface area contributed by atoms with Crippen molar-refractivity contribution in [3.8, 4) is 0 Å². The number of hydrogen-bond acceptors (Lipinski definition) is 6. The molecule has 0 radical (unpaired) electrons. The first-order valence-electron chi connectivity index (χ1n) is 10.6. The number of nitrogens with one attached hydrogen (secondary N) is 1. The van der Waals surface area contributed by atoms with Gasteiger partial charge in [-0.3, -0.25) is 4.79 Å². The van der Waals surface area contributed by atoms with Gasteiger partial charge < -0.3 is 9.84 Å². The van der Waals surface area contributed by atoms with Gasteiger partial charge in [0.1, 0.15) is 0 Å². The monoisotopic (exact) mass is 462 g/mol. The number of nitrogens with zero attached hydrogens (tertiary/aromatic N) is 3. The maximum absolute atomic E-state index is 13.1. The van der Waals surface area contributed by atoms with Crippen LogP contribution in [0.1, 0.15) is 34.4 Å². The molecule has 1 atom stereocenters. The lowest BCUT2D eigenvalue weighted by Gasteiger charge is -2.16. The van der Waals surface area contributed by atoms with Crippen molar-refractivity contribution in [3.05, 3.63) is 84.0 Å². The zero-order chi connectivity index (χ0) is 23.0. The maximum Gasteiger partial charge on any atom is 0.256 e. The second-order valence-electron chi connectivity index (χ2n) is 8.03. The first-order valence-corrected chi connectivity index (χ1v) is 12.1. The van der Waals surface area contributed by atoms with Gasteiger partial charge in [0, 0.05) is 24.3 Å². The number of carbonyl (C=O) groups is 1. The molecule has 4 aromatic rings. The Morgan fingerprint density at radius 1 is 1.06 bits per heavy atom. The summed E-state index contributed by atoms with van der Waals surface area (Å²) in [6.07, 6.45) is 0.625. The lowest BCUT2D eigenvalue weighted by atomic mass is 10.0. The van der Waals surface area contributed by atoms with Gasteiger partial charge in [-0.2, -0.15) is 9.29 Å². The average Bonchev–Trinajstić information content (AvgIpc) is 3.49. The van der Waals surface area contributed by atoms with E-state index in [9.17, 15) is 13.2 Å². The highest BCUT2D eigenvalue weighted by molar-refractivity contribution is 7.89. The lowest BCUT2D eigenvalue weighted by Crippen LogP contribution is -2.28. The van der Waals surface area contributed by atoms with Crippen LogP contribution in [0.5, 0.6) is 0 Å². The van der Waals surface area contributed by atoms with Crippen LogP contribution in [-0.2, 0) is 10.0 Å². The summed E-state index contributed by atoms with van der Waals surface area (Å²) in [5, 5.41) is 8.48. The largest absolute Gasteiger partial charge is 0.339 e. The molecular formula is C24H22N4O4S. The number of amides is 1. The molecule has 1 aromatic heterocycles. The average molecular weight is 463 g/mol. The molecule has 8 nitrogen and oxygen atoms in total. The van der Waals surface area contributed by atoms with E-state index in [0.717, 1.165) is 10.8 Å². The number of aromatic nitrogens is 2. The highest BCUT2D eigenvalue weighted by atomic mass is 32.2. The Bertz CT molecular complexity index is 1430. The number of fused-ring (bicyclic) bond motifs is 1. The normalized spacial score (nSPS) is 16.8. The first kappa shape index (κ1) is 21.3. The fourth-order valence-electron chi connectivity index (χ4n) is 4.11. The van der Waals surface area contributed by atoms with E-state index in [4.69, 9.17) is 4.52 Å². The van der Waals surface area contributed by atoms with E-state index in [-0.39, 0.29) is 16.7 Å². The van der Waals surface area contributed by atoms with Gasteiger partial charge in [0.15, 0.2) is 5.82 Å². The standard InChI is InChI=1S/C24H22N4O4S/c1-16-25-24(32-27-16)18-13-14-28(15-18)33(30,31)20-11-9-19(10-12-20)26-23(29)22-8-4-6-17-5-2-3-7-21(17)22/h2-12,18H,13-15H2,1H3,(H,26,29). The Morgan fingerprint density at radius 3 is 2.58 bits per heavy atom. The van der Waals surface area contributed by atoms with Gasteiger partial charge in [0.05, 0.1) is 10.8 Å². The molecule has 1 amide bonds. The van der Waals surface area contributed by atoms with Crippen LogP contribution in [0.25, 0.3) is 10.8 Å². The molecule has 0 bridgehead atoms. The second kappa shape index (κ2) is 8.42. The molecule has 1 fully saturated rings. The van der Waals surface area contributed by atoms with Gasteiger partial charge in [0.2, 0.25) is 15.9 Å². The summed E-state index contributed by atoms with van der Waals surface area (Å²) in [5.41, 5.74) is 1.08. The van der Waals surface area contributed by atoms with E-state index >= 15 is 0 Å². The number of hydrogen-bond donors (Lipinski definition) is 1. The molecule has 5 rings (SSSR count). The van der Waals surface area contributed by atoms with Crippen molar-refractivity contribution in [2.75, 3.05) is 18.4 Å². The van der Waals surface area contributed by atoms with Crippen LogP contribution in [0.15, 0.2) is 76.1 Å². The van der Waals surface area contributed by atoms with E-state index in [1.54, 1.807) is 25.1 Å². The van der Waals surface area contributed by atoms with Crippen LogP contribution in [0.4, 0.5) is 5.69 Å². The van der Waals surface area contributed by atoms with E-state index in [0.29, 0.717) is 42.5 Å². The summed E-state index contributed by atoms with van der Waals surface area (Å²) in [5.74, 6) is 0.643. The van der Waals surface area contributed by atoms with Crippen molar-refractivity contribution >= 4 is 32.4 Å². The highest BCUT2D eigenvalue weighted by Crippen LogP contribution is 2.30. The molecule has 1 saturated heterocycles. The fourth-order valence-corrected chi connectivity index (χ4v) is 5.61. The molecule has 9 heteroatoms. The van der Waals surface area contributed by atoms with Gasteiger partial charge in [-0.15, -0.1) is 0 Å². The van der Waals surface area contributed by atoms with E-state index in [1.165, 1.54) is 16.4 Å². The van der Waals surface area contributed by atoms with Crippen molar-refractivity contribution in [2.45, 2.75) is 24.2 Å². The van der Waals surface area contributed by atoms with Gasteiger partial charge in [-0.1, -0.05) is 41.6 Å². The lowest BCUT2D eigenvalue weighted by molar-refractivity contribution is 0.102. The Hall–Kier alpha value is -3.56. The minimum absolute atomic E-state index is 0.111. The van der Waals surface area contributed by atoms with Crippen molar-refractivity contribution in [1.29, 1.82) is 0 Å². The van der Waals surface area contributed by atoms with Crippen LogP contribution < -0.4 is 5.32 Å². The summed E-state index contributed by atoms with van der Waals surface area (Å²) in [6.45, 7) is 2.41. The smallest absolute Gasteiger partial charge is 0.256 e. The topological polar surface area (TPSA) is 105 Å². The first-order chi connectivity index (χ1) is 15.9. The van der Waals surface area contributed by atoms with Gasteiger partial charge >= 0.3 is 0 Å². The van der Waals surface area contributed by atoms with Crippen LogP contribution in [0, 0.1) is 6.92 Å². The molecule has 168 valence electrons. The minimum Gasteiger partial charge on any atom is -0.339 e. The predicted octanol–water partition coefficient (Wildman–Crippen LogP) is 3.96. The number of sulfonamides is 1. The Kier molecular flexibility index (Phi) is 5.43. The molecule has 1 N–H and O–H groups in total. The SMILES string of the molecule is Cc1noc(C2CCN(S(=O)(=O)c3ccc(NC(=O)c4cccc5ccccc45)cc3)C2)n1. The number of anilines is 1. The van der Waals surface area contributed by atoms with E-state index in [2.05, 4.69) is 15.5 Å².